The number of likely N-dealkylation sites (N-methyl/N-ethyl adjacent to an activating group) is 1. The Bertz CT molecular complexity index is 834. The lowest BCUT2D eigenvalue weighted by molar-refractivity contribution is -0.857. The van der Waals surface area contributed by atoms with Crippen molar-refractivity contribution in [2.24, 2.45) is 0 Å². The van der Waals surface area contributed by atoms with E-state index in [2.05, 4.69) is 9.97 Å². The van der Waals surface area contributed by atoms with Crippen molar-refractivity contribution in [1.29, 1.82) is 0 Å². The Kier molecular flexibility index (Phi) is 5.09. The lowest BCUT2D eigenvalue weighted by Gasteiger charge is -2.27. The van der Waals surface area contributed by atoms with Crippen molar-refractivity contribution >= 4 is 17.4 Å². The fourth-order valence-electron chi connectivity index (χ4n) is 3.00. The zero-order chi connectivity index (χ0) is 18.7. The van der Waals surface area contributed by atoms with Crippen molar-refractivity contribution in [3.63, 3.8) is 0 Å². The number of aromatic nitrogens is 2. The summed E-state index contributed by atoms with van der Waals surface area (Å²) in [6, 6.07) is 5.85. The lowest BCUT2D eigenvalue weighted by Crippen LogP contribution is -3.06. The summed E-state index contributed by atoms with van der Waals surface area (Å²) in [5, 5.41) is 13.0. The SMILES string of the molecule is C[NH+](C)CCN1C(=O)C(=O)C(=C([O-])c2ccncc2)C1c1ccncc1. The molecule has 7 nitrogen and oxygen atoms in total. The molecule has 26 heavy (non-hydrogen) atoms. The number of hydrogen-bond donors (Lipinski definition) is 1. The van der Waals surface area contributed by atoms with Gasteiger partial charge in [-0.25, -0.2) is 0 Å². The third-order valence-electron chi connectivity index (χ3n) is 4.35. The Morgan fingerprint density at radius 2 is 1.65 bits per heavy atom. The topological polar surface area (TPSA) is 90.7 Å². The number of carbonyl (C=O) groups excluding carboxylic acids is 2. The van der Waals surface area contributed by atoms with Crippen LogP contribution in [0.15, 0.2) is 54.6 Å². The molecule has 3 heterocycles. The van der Waals surface area contributed by atoms with E-state index >= 15 is 0 Å². The Morgan fingerprint density at radius 3 is 2.23 bits per heavy atom. The molecule has 0 spiro atoms. The second kappa shape index (κ2) is 7.45. The molecule has 0 aromatic carbocycles. The molecular formula is C19H20N4O3. The van der Waals surface area contributed by atoms with E-state index in [4.69, 9.17) is 0 Å². The molecule has 1 aliphatic heterocycles. The molecule has 1 unspecified atom stereocenters. The average molecular weight is 352 g/mol. The average Bonchev–Trinajstić information content (AvgIpc) is 2.91. The second-order valence-corrected chi connectivity index (χ2v) is 6.45. The first-order valence-electron chi connectivity index (χ1n) is 8.36. The molecule has 3 rings (SSSR count). The minimum atomic E-state index is -0.734. The van der Waals surface area contributed by atoms with Crippen LogP contribution in [-0.2, 0) is 9.59 Å². The van der Waals surface area contributed by atoms with Gasteiger partial charge < -0.3 is 14.9 Å². The van der Waals surface area contributed by atoms with E-state index in [1.54, 1.807) is 36.7 Å². The standard InChI is InChI=1S/C19H20N4O3/c1-22(2)11-12-23-16(13-3-7-20-8-4-13)15(18(25)19(23)26)17(24)14-5-9-21-10-6-14/h3-10,16,24H,11-12H2,1-2H3. The minimum Gasteiger partial charge on any atom is -0.872 e. The summed E-state index contributed by atoms with van der Waals surface area (Å²) >= 11 is 0. The Balaban J connectivity index is 2.12. The summed E-state index contributed by atoms with van der Waals surface area (Å²) in [4.78, 5) is 35.8. The third kappa shape index (κ3) is 3.34. The van der Waals surface area contributed by atoms with Gasteiger partial charge in [0.2, 0.25) is 5.78 Å². The smallest absolute Gasteiger partial charge is 0.295 e. The lowest BCUT2D eigenvalue weighted by atomic mass is 9.96. The van der Waals surface area contributed by atoms with Crippen molar-refractivity contribution < 1.29 is 19.6 Å². The third-order valence-corrected chi connectivity index (χ3v) is 4.35. The highest BCUT2D eigenvalue weighted by Gasteiger charge is 2.44. The molecule has 1 amide bonds. The molecule has 2 aromatic rings. The van der Waals surface area contributed by atoms with Crippen LogP contribution < -0.4 is 10.0 Å². The van der Waals surface area contributed by atoms with Gasteiger partial charge in [-0.3, -0.25) is 19.6 Å². The van der Waals surface area contributed by atoms with Crippen molar-refractivity contribution in [2.45, 2.75) is 6.04 Å². The molecule has 7 heteroatoms. The maximum Gasteiger partial charge on any atom is 0.295 e. The molecule has 134 valence electrons. The van der Waals surface area contributed by atoms with Gasteiger partial charge in [-0.2, -0.15) is 0 Å². The minimum absolute atomic E-state index is 0.0128. The van der Waals surface area contributed by atoms with E-state index in [0.29, 0.717) is 24.2 Å². The van der Waals surface area contributed by atoms with Crippen molar-refractivity contribution in [3.05, 3.63) is 65.8 Å². The quantitative estimate of drug-likeness (QED) is 0.417. The second-order valence-electron chi connectivity index (χ2n) is 6.45. The van der Waals surface area contributed by atoms with Gasteiger partial charge in [0, 0.05) is 30.4 Å². The molecular weight excluding hydrogens is 332 g/mol. The van der Waals surface area contributed by atoms with Crippen molar-refractivity contribution in [3.8, 4) is 0 Å². The number of rotatable bonds is 5. The maximum atomic E-state index is 13.0. The number of Topliss-reactive ketones (excluding diaryl/α,β-unsaturated/α-hetero) is 1. The van der Waals surface area contributed by atoms with Crippen LogP contribution in [0, 0.1) is 0 Å². The number of quaternary nitrogens is 1. The van der Waals surface area contributed by atoms with Gasteiger partial charge in [-0.1, -0.05) is 5.76 Å². The van der Waals surface area contributed by atoms with Gasteiger partial charge in [0.15, 0.2) is 0 Å². The van der Waals surface area contributed by atoms with Crippen LogP contribution in [0.3, 0.4) is 0 Å². The van der Waals surface area contributed by atoms with E-state index in [1.165, 1.54) is 17.3 Å². The van der Waals surface area contributed by atoms with Gasteiger partial charge >= 0.3 is 0 Å². The molecule has 1 fully saturated rings. The Hall–Kier alpha value is -3.06. The van der Waals surface area contributed by atoms with E-state index in [0.717, 1.165) is 4.90 Å². The number of amides is 1. The van der Waals surface area contributed by atoms with Gasteiger partial charge in [0.05, 0.1) is 33.2 Å². The normalized spacial score (nSPS) is 19.3. The largest absolute Gasteiger partial charge is 0.872 e. The summed E-state index contributed by atoms with van der Waals surface area (Å²) in [7, 11) is 3.94. The van der Waals surface area contributed by atoms with E-state index in [1.807, 2.05) is 14.1 Å². The zero-order valence-corrected chi connectivity index (χ0v) is 14.7. The monoisotopic (exact) mass is 352 g/mol. The van der Waals surface area contributed by atoms with Gasteiger partial charge in [-0.15, -0.1) is 0 Å². The molecule has 0 bridgehead atoms. The maximum absolute atomic E-state index is 13.0. The number of nitrogens with one attached hydrogen (secondary N) is 1. The van der Waals surface area contributed by atoms with Crippen LogP contribution in [-0.4, -0.2) is 53.7 Å². The van der Waals surface area contributed by atoms with Crippen LogP contribution in [0.1, 0.15) is 17.2 Å². The summed E-state index contributed by atoms with van der Waals surface area (Å²) in [5.41, 5.74) is 1.03. The molecule has 0 aliphatic carbocycles. The molecule has 2 aromatic heterocycles. The first kappa shape index (κ1) is 17.8. The van der Waals surface area contributed by atoms with E-state index in [-0.39, 0.29) is 5.57 Å². The highest BCUT2D eigenvalue weighted by atomic mass is 16.3. The molecule has 0 radical (unpaired) electrons. The first-order chi connectivity index (χ1) is 12.5. The van der Waals surface area contributed by atoms with Crippen LogP contribution in [0.5, 0.6) is 0 Å². The van der Waals surface area contributed by atoms with Crippen LogP contribution in [0.25, 0.3) is 5.76 Å². The number of carbonyl (C=O) groups is 2. The predicted molar refractivity (Wildman–Crippen MR) is 92.5 cm³/mol. The van der Waals surface area contributed by atoms with Crippen LogP contribution in [0.2, 0.25) is 0 Å². The molecule has 0 saturated carbocycles. The van der Waals surface area contributed by atoms with Crippen molar-refractivity contribution in [2.75, 3.05) is 27.2 Å². The van der Waals surface area contributed by atoms with Crippen molar-refractivity contribution in [1.82, 2.24) is 14.9 Å². The van der Waals surface area contributed by atoms with Gasteiger partial charge in [0.25, 0.3) is 5.91 Å². The molecule has 1 atom stereocenters. The highest BCUT2D eigenvalue weighted by Crippen LogP contribution is 2.37. The molecule has 1 aliphatic rings. The molecule has 1 saturated heterocycles. The van der Waals surface area contributed by atoms with Gasteiger partial charge in [-0.05, 0) is 35.4 Å². The summed E-state index contributed by atoms with van der Waals surface area (Å²) in [6.45, 7) is 1.05. The van der Waals surface area contributed by atoms with Crippen LogP contribution >= 0.6 is 0 Å². The number of ketones is 1. The van der Waals surface area contributed by atoms with E-state index < -0.39 is 23.5 Å². The van der Waals surface area contributed by atoms with E-state index in [9.17, 15) is 14.7 Å². The Labute approximate surface area is 151 Å². The number of likely N-dealkylation sites (tertiary alicyclic amines) is 1. The number of hydrogen-bond acceptors (Lipinski definition) is 5. The zero-order valence-electron chi connectivity index (χ0n) is 14.7. The fourth-order valence-corrected chi connectivity index (χ4v) is 3.00. The fraction of sp³-hybridized carbons (Fsp3) is 0.263. The Morgan fingerprint density at radius 1 is 1.08 bits per heavy atom. The predicted octanol–water partition coefficient (Wildman–Crippen LogP) is -1.15. The molecule has 1 N–H and O–H groups in total. The number of pyridine rings is 2. The highest BCUT2D eigenvalue weighted by molar-refractivity contribution is 6.46. The summed E-state index contributed by atoms with van der Waals surface area (Å²) in [6.07, 6.45) is 6.16. The van der Waals surface area contributed by atoms with Gasteiger partial charge in [0.1, 0.15) is 0 Å². The summed E-state index contributed by atoms with van der Waals surface area (Å²) < 4.78 is 0. The first-order valence-corrected chi connectivity index (χ1v) is 8.36. The summed E-state index contributed by atoms with van der Waals surface area (Å²) in [5.74, 6) is -1.81. The van der Waals surface area contributed by atoms with Crippen LogP contribution in [0.4, 0.5) is 0 Å². The number of nitrogens with zero attached hydrogens (tertiary/aromatic N) is 3.